The fourth-order valence-corrected chi connectivity index (χ4v) is 3.57. The number of hydrogen-bond donors (Lipinski definition) is 1. The van der Waals surface area contributed by atoms with E-state index >= 15 is 0 Å². The number of rotatable bonds is 13. The molecule has 1 aliphatic carbocycles. The van der Waals surface area contributed by atoms with Gasteiger partial charge in [-0.15, -0.1) is 0 Å². The van der Waals surface area contributed by atoms with Gasteiger partial charge in [0.2, 0.25) is 0 Å². The molecule has 1 aliphatic rings. The number of carbonyl (C=O) groups is 4. The van der Waals surface area contributed by atoms with Crippen molar-refractivity contribution < 1.29 is 33.8 Å². The van der Waals surface area contributed by atoms with Crippen molar-refractivity contribution in [1.82, 2.24) is 0 Å². The van der Waals surface area contributed by atoms with E-state index in [1.807, 2.05) is 0 Å². The molecular formula is C20H32O7. The van der Waals surface area contributed by atoms with Crippen LogP contribution in [0.25, 0.3) is 0 Å². The Labute approximate surface area is 160 Å². The van der Waals surface area contributed by atoms with E-state index in [-0.39, 0.29) is 48.2 Å². The van der Waals surface area contributed by atoms with Gasteiger partial charge in [0.05, 0.1) is 19.3 Å². The second-order valence-corrected chi connectivity index (χ2v) is 6.94. The highest BCUT2D eigenvalue weighted by atomic mass is 16.5. The number of hydrogen-bond acceptors (Lipinski definition) is 7. The molecule has 154 valence electrons. The maximum Gasteiger partial charge on any atom is 0.305 e. The minimum atomic E-state index is -0.749. The molecule has 0 saturated heterocycles. The van der Waals surface area contributed by atoms with Crippen LogP contribution in [0.1, 0.15) is 71.6 Å². The first kappa shape index (κ1) is 23.3. The maximum absolute atomic E-state index is 12.1. The van der Waals surface area contributed by atoms with Crippen LogP contribution in [0.15, 0.2) is 0 Å². The normalized spacial score (nSPS) is 21.9. The molecule has 0 bridgehead atoms. The van der Waals surface area contributed by atoms with Gasteiger partial charge in [-0.1, -0.05) is 0 Å². The van der Waals surface area contributed by atoms with Crippen LogP contribution in [-0.4, -0.2) is 47.9 Å². The van der Waals surface area contributed by atoms with Crippen LogP contribution < -0.4 is 0 Å². The molecule has 0 aromatic heterocycles. The van der Waals surface area contributed by atoms with Crippen LogP contribution in [0, 0.1) is 11.8 Å². The van der Waals surface area contributed by atoms with Crippen LogP contribution in [0.2, 0.25) is 0 Å². The molecular weight excluding hydrogens is 352 g/mol. The number of esters is 2. The maximum atomic E-state index is 12.1. The van der Waals surface area contributed by atoms with E-state index in [0.717, 1.165) is 0 Å². The van der Waals surface area contributed by atoms with Gasteiger partial charge in [-0.2, -0.15) is 0 Å². The molecule has 27 heavy (non-hydrogen) atoms. The van der Waals surface area contributed by atoms with E-state index in [4.69, 9.17) is 9.47 Å². The third-order valence-electron chi connectivity index (χ3n) is 4.95. The molecule has 0 aromatic rings. The minimum Gasteiger partial charge on any atom is -0.466 e. The summed E-state index contributed by atoms with van der Waals surface area (Å²) in [5.41, 5.74) is 0. The number of unbranched alkanes of at least 4 members (excludes halogenated alkanes) is 1. The van der Waals surface area contributed by atoms with Gasteiger partial charge in [0.1, 0.15) is 11.6 Å². The van der Waals surface area contributed by atoms with E-state index in [1.54, 1.807) is 13.8 Å². The van der Waals surface area contributed by atoms with Crippen molar-refractivity contribution >= 4 is 23.5 Å². The van der Waals surface area contributed by atoms with Gasteiger partial charge in [0.15, 0.2) is 0 Å². The third-order valence-corrected chi connectivity index (χ3v) is 4.95. The first-order valence-corrected chi connectivity index (χ1v) is 9.92. The van der Waals surface area contributed by atoms with Gasteiger partial charge >= 0.3 is 11.9 Å². The summed E-state index contributed by atoms with van der Waals surface area (Å²) >= 11 is 0. The SMILES string of the molecule is CCOC(=O)CCCCC(=O)CC[C@H]1[C@H](O)CC(=O)[C@H]1CCC(=O)OCC. The topological polar surface area (TPSA) is 107 Å². The predicted octanol–water partition coefficient (Wildman–Crippen LogP) is 2.37. The van der Waals surface area contributed by atoms with Crippen molar-refractivity contribution in [1.29, 1.82) is 0 Å². The molecule has 1 rings (SSSR count). The number of aliphatic hydroxyl groups excluding tert-OH is 1. The number of Topliss-reactive ketones (excluding diaryl/α,β-unsaturated/α-hetero) is 2. The van der Waals surface area contributed by atoms with E-state index < -0.39 is 6.10 Å². The average Bonchev–Trinajstić information content (AvgIpc) is 2.88. The predicted molar refractivity (Wildman–Crippen MR) is 97.8 cm³/mol. The zero-order chi connectivity index (χ0) is 20.2. The Hall–Kier alpha value is -1.76. The largest absolute Gasteiger partial charge is 0.466 e. The molecule has 0 amide bonds. The van der Waals surface area contributed by atoms with Crippen LogP contribution in [0.5, 0.6) is 0 Å². The Bertz CT molecular complexity index is 514. The molecule has 0 unspecified atom stereocenters. The highest BCUT2D eigenvalue weighted by Crippen LogP contribution is 2.36. The van der Waals surface area contributed by atoms with Gasteiger partial charge in [-0.3, -0.25) is 19.2 Å². The van der Waals surface area contributed by atoms with Crippen molar-refractivity contribution in [3.63, 3.8) is 0 Å². The number of ketones is 2. The molecule has 1 N–H and O–H groups in total. The monoisotopic (exact) mass is 384 g/mol. The lowest BCUT2D eigenvalue weighted by Gasteiger charge is -2.20. The number of ether oxygens (including phenoxy) is 2. The summed E-state index contributed by atoms with van der Waals surface area (Å²) in [4.78, 5) is 46.9. The van der Waals surface area contributed by atoms with E-state index in [9.17, 15) is 24.3 Å². The van der Waals surface area contributed by atoms with Gasteiger partial charge in [-0.25, -0.2) is 0 Å². The van der Waals surface area contributed by atoms with E-state index in [0.29, 0.717) is 58.2 Å². The Balaban J connectivity index is 2.34. The smallest absolute Gasteiger partial charge is 0.305 e. The molecule has 0 aromatic carbocycles. The second kappa shape index (κ2) is 12.6. The minimum absolute atomic E-state index is 0.0429. The Kier molecular flexibility index (Phi) is 10.9. The summed E-state index contributed by atoms with van der Waals surface area (Å²) < 4.78 is 9.72. The molecule has 1 saturated carbocycles. The van der Waals surface area contributed by atoms with Crippen molar-refractivity contribution in [3.8, 4) is 0 Å². The zero-order valence-corrected chi connectivity index (χ0v) is 16.4. The lowest BCUT2D eigenvalue weighted by atomic mass is 9.85. The highest BCUT2D eigenvalue weighted by molar-refractivity contribution is 5.85. The van der Waals surface area contributed by atoms with Crippen molar-refractivity contribution in [3.05, 3.63) is 0 Å². The van der Waals surface area contributed by atoms with E-state index in [2.05, 4.69) is 0 Å². The van der Waals surface area contributed by atoms with E-state index in [1.165, 1.54) is 0 Å². The van der Waals surface area contributed by atoms with Gasteiger partial charge in [-0.05, 0) is 45.4 Å². The van der Waals surface area contributed by atoms with Crippen LogP contribution in [0.4, 0.5) is 0 Å². The van der Waals surface area contributed by atoms with Gasteiger partial charge in [0, 0.05) is 38.0 Å². The van der Waals surface area contributed by atoms with Crippen LogP contribution >= 0.6 is 0 Å². The first-order valence-electron chi connectivity index (χ1n) is 9.92. The summed E-state index contributed by atoms with van der Waals surface area (Å²) in [6.07, 6.45) is 2.50. The highest BCUT2D eigenvalue weighted by Gasteiger charge is 2.41. The average molecular weight is 384 g/mol. The summed E-state index contributed by atoms with van der Waals surface area (Å²) in [5.74, 6) is -1.24. The molecule has 7 nitrogen and oxygen atoms in total. The van der Waals surface area contributed by atoms with Gasteiger partial charge < -0.3 is 14.6 Å². The number of aliphatic hydroxyl groups is 1. The zero-order valence-electron chi connectivity index (χ0n) is 16.4. The Morgan fingerprint density at radius 1 is 0.926 bits per heavy atom. The van der Waals surface area contributed by atoms with Crippen molar-refractivity contribution in [2.75, 3.05) is 13.2 Å². The Morgan fingerprint density at radius 2 is 1.52 bits per heavy atom. The summed E-state index contributed by atoms with van der Waals surface area (Å²) in [7, 11) is 0. The molecule has 0 radical (unpaired) electrons. The van der Waals surface area contributed by atoms with Gasteiger partial charge in [0.25, 0.3) is 0 Å². The fraction of sp³-hybridized carbons (Fsp3) is 0.800. The number of carbonyl (C=O) groups excluding carboxylic acids is 4. The quantitative estimate of drug-likeness (QED) is 0.384. The lowest BCUT2D eigenvalue weighted by molar-refractivity contribution is -0.144. The molecule has 0 heterocycles. The van der Waals surface area contributed by atoms with Crippen LogP contribution in [0.3, 0.4) is 0 Å². The standard InChI is InChI=1S/C20H32O7/c1-3-26-19(24)8-6-5-7-14(21)9-10-15-16(18(23)13-17(15)22)11-12-20(25)27-4-2/h15-17,22H,3-13H2,1-2H3/t15-,16+,17-/m1/s1. The first-order chi connectivity index (χ1) is 12.9. The van der Waals surface area contributed by atoms with Crippen molar-refractivity contribution in [2.45, 2.75) is 77.7 Å². The second-order valence-electron chi connectivity index (χ2n) is 6.94. The summed E-state index contributed by atoms with van der Waals surface area (Å²) in [6, 6.07) is 0. The Morgan fingerprint density at radius 3 is 2.15 bits per heavy atom. The fourth-order valence-electron chi connectivity index (χ4n) is 3.57. The molecule has 3 atom stereocenters. The molecule has 0 aliphatic heterocycles. The summed E-state index contributed by atoms with van der Waals surface area (Å²) in [6.45, 7) is 4.14. The molecule has 0 spiro atoms. The summed E-state index contributed by atoms with van der Waals surface area (Å²) in [5, 5.41) is 10.1. The van der Waals surface area contributed by atoms with Crippen LogP contribution in [-0.2, 0) is 28.7 Å². The molecule has 7 heteroatoms. The van der Waals surface area contributed by atoms with Crippen molar-refractivity contribution in [2.24, 2.45) is 11.8 Å². The molecule has 1 fully saturated rings. The third kappa shape index (κ3) is 8.65. The lowest BCUT2D eigenvalue weighted by Crippen LogP contribution is -2.22.